The van der Waals surface area contributed by atoms with Crippen LogP contribution in [-0.4, -0.2) is 26.3 Å². The molecule has 9 heteroatoms. The van der Waals surface area contributed by atoms with E-state index in [2.05, 4.69) is 48.5 Å². The Kier molecular flexibility index (Phi) is 14.4. The average Bonchev–Trinajstić information content (AvgIpc) is 3.78. The summed E-state index contributed by atoms with van der Waals surface area (Å²) in [7, 11) is -8.66. The molecule has 51 heavy (non-hydrogen) atoms. The van der Waals surface area contributed by atoms with Gasteiger partial charge in [0.15, 0.2) is 19.7 Å². The monoisotopic (exact) mass is 794 g/mol. The predicted molar refractivity (Wildman–Crippen MR) is 214 cm³/mol. The summed E-state index contributed by atoms with van der Waals surface area (Å²) in [6.07, 6.45) is 11.1. The van der Waals surface area contributed by atoms with Crippen LogP contribution in [-0.2, 0) is 36.7 Å². The summed E-state index contributed by atoms with van der Waals surface area (Å²) in [5.41, 5.74) is 1.81. The molecule has 0 amide bonds. The first-order valence-corrected chi connectivity index (χ1v) is 22.1. The second-order valence-corrected chi connectivity index (χ2v) is 23.5. The molecule has 4 aromatic rings. The molecule has 4 nitrogen and oxygen atoms in total. The molecule has 2 saturated carbocycles. The van der Waals surface area contributed by atoms with Crippen molar-refractivity contribution < 1.29 is 33.9 Å². The summed E-state index contributed by atoms with van der Waals surface area (Å²) < 4.78 is 50.8. The van der Waals surface area contributed by atoms with Crippen LogP contribution >= 0.6 is 15.8 Å². The van der Waals surface area contributed by atoms with Crippen molar-refractivity contribution in [2.75, 3.05) is 0 Å². The molecule has 0 saturated heterocycles. The van der Waals surface area contributed by atoms with Gasteiger partial charge in [0.05, 0.1) is 9.49 Å². The Morgan fingerprint density at radius 2 is 0.627 bits per heavy atom. The fourth-order valence-corrected chi connectivity index (χ4v) is 13.9. The van der Waals surface area contributed by atoms with Crippen molar-refractivity contribution in [1.29, 1.82) is 0 Å². The van der Waals surface area contributed by atoms with Crippen molar-refractivity contribution in [2.24, 2.45) is 0 Å². The average molecular weight is 795 g/mol. The van der Waals surface area contributed by atoms with E-state index in [1.165, 1.54) is 0 Å². The minimum absolute atomic E-state index is 0. The molecular formula is C42H44FeO4P2S2+2. The fourth-order valence-electron chi connectivity index (χ4n) is 5.43. The van der Waals surface area contributed by atoms with Gasteiger partial charge in [0.25, 0.3) is 0 Å². The van der Waals surface area contributed by atoms with Gasteiger partial charge in [-0.15, -0.1) is 0 Å². The Morgan fingerprint density at radius 1 is 0.392 bits per heavy atom. The van der Waals surface area contributed by atoms with Gasteiger partial charge in [-0.05, 0) is 117 Å². The van der Waals surface area contributed by atoms with E-state index in [1.54, 1.807) is 54.4 Å². The summed E-state index contributed by atoms with van der Waals surface area (Å²) in [6, 6.07) is 40.7. The maximum absolute atomic E-state index is 13.1. The smallest absolute Gasteiger partial charge is 0.228 e. The van der Waals surface area contributed by atoms with Crippen LogP contribution in [0.4, 0.5) is 0 Å². The number of benzene rings is 4. The van der Waals surface area contributed by atoms with Crippen LogP contribution in [0.1, 0.15) is 41.5 Å². The van der Waals surface area contributed by atoms with E-state index in [4.69, 9.17) is 0 Å². The van der Waals surface area contributed by atoms with Gasteiger partial charge in [0.1, 0.15) is 10.5 Å². The first-order valence-electron chi connectivity index (χ1n) is 16.5. The second-order valence-electron chi connectivity index (χ2n) is 13.8. The second kappa shape index (κ2) is 17.5. The summed E-state index contributed by atoms with van der Waals surface area (Å²) in [5, 5.41) is 5.53. The van der Waals surface area contributed by atoms with Gasteiger partial charge >= 0.3 is 17.1 Å². The zero-order valence-corrected chi connectivity index (χ0v) is 34.2. The van der Waals surface area contributed by atoms with Crippen LogP contribution in [0.3, 0.4) is 0 Å². The van der Waals surface area contributed by atoms with E-state index in [0.717, 1.165) is 32.5 Å². The van der Waals surface area contributed by atoms with E-state index in [9.17, 15) is 16.8 Å². The zero-order chi connectivity index (χ0) is 36.2. The molecule has 0 heterocycles. The van der Waals surface area contributed by atoms with Gasteiger partial charge in [-0.2, -0.15) is 0 Å². The molecule has 2 aliphatic carbocycles. The number of rotatable bonds is 8. The maximum Gasteiger partial charge on any atom is 2.00 e. The third-order valence-electron chi connectivity index (χ3n) is 8.24. The van der Waals surface area contributed by atoms with Gasteiger partial charge in [-0.1, -0.05) is 121 Å². The normalized spacial score (nSPS) is 16.9. The molecule has 0 bridgehead atoms. The molecule has 10 radical (unpaired) electrons. The van der Waals surface area contributed by atoms with Crippen molar-refractivity contribution in [2.45, 2.75) is 51.0 Å². The minimum atomic E-state index is -3.41. The molecule has 0 aromatic heterocycles. The summed E-state index contributed by atoms with van der Waals surface area (Å²) in [4.78, 5) is 0. The van der Waals surface area contributed by atoms with Crippen molar-refractivity contribution in [3.05, 3.63) is 182 Å². The van der Waals surface area contributed by atoms with Crippen LogP contribution in [0, 0.1) is 60.3 Å². The Balaban J connectivity index is 0.000000224. The van der Waals surface area contributed by atoms with E-state index in [0.29, 0.717) is 10.5 Å². The number of hydrogen-bond acceptors (Lipinski definition) is 4. The molecule has 2 aliphatic rings. The van der Waals surface area contributed by atoms with Gasteiger partial charge in [-0.25, -0.2) is 16.8 Å². The third kappa shape index (κ3) is 9.46. The summed E-state index contributed by atoms with van der Waals surface area (Å²) in [6.45, 7) is 10.5. The molecule has 0 unspecified atom stereocenters. The van der Waals surface area contributed by atoms with Crippen molar-refractivity contribution in [1.82, 2.24) is 0 Å². The molecule has 4 aromatic carbocycles. The third-order valence-corrected chi connectivity index (χ3v) is 18.6. The minimum Gasteiger partial charge on any atom is -0.228 e. The van der Waals surface area contributed by atoms with Crippen molar-refractivity contribution >= 4 is 56.7 Å². The van der Waals surface area contributed by atoms with E-state index >= 15 is 0 Å². The molecule has 264 valence electrons. The van der Waals surface area contributed by atoms with Crippen molar-refractivity contribution in [3.8, 4) is 0 Å². The van der Waals surface area contributed by atoms with Gasteiger partial charge in [0, 0.05) is 11.3 Å². The van der Waals surface area contributed by atoms with Crippen LogP contribution in [0.5, 0.6) is 0 Å². The van der Waals surface area contributed by atoms with E-state index < -0.39 is 45.0 Å². The topological polar surface area (TPSA) is 68.3 Å². The standard InChI is InChI=1S/2C21H22O2PS.Fe/c2*1-21(2,3)25(22,23)20-16-10-15-19(20)24(17-11-6-4-7-12-17)18-13-8-5-9-14-18;/h2*4-16H,1-3H3;/q;;+2. The predicted octanol–water partition coefficient (Wildman–Crippen LogP) is 8.04. The Bertz CT molecular complexity index is 1660. The molecule has 0 N–H and O–H groups in total. The first kappa shape index (κ1) is 41.9. The Hall–Kier alpha value is -1.84. The molecule has 2 fully saturated rings. The Labute approximate surface area is 321 Å². The summed E-state index contributed by atoms with van der Waals surface area (Å²) >= 11 is 0. The molecule has 0 aliphatic heterocycles. The largest absolute Gasteiger partial charge is 2.00 e. The molecule has 6 rings (SSSR count). The van der Waals surface area contributed by atoms with Gasteiger partial charge < -0.3 is 0 Å². The fraction of sp³-hybridized carbons (Fsp3) is 0.190. The van der Waals surface area contributed by atoms with E-state index in [-0.39, 0.29) is 17.1 Å². The van der Waals surface area contributed by atoms with Crippen LogP contribution in [0.2, 0.25) is 0 Å². The SMILES string of the molecule is CC(C)(C)S(=O)(=O)[C]1[CH][CH][CH][C]1P(c1ccccc1)c1ccccc1.CC(C)(C)S(=O)(=O)[C]1[CH][CH][CH][C]1P(c1ccccc1)c1ccccc1.[Fe+2]. The van der Waals surface area contributed by atoms with Crippen molar-refractivity contribution in [3.63, 3.8) is 0 Å². The molecule has 0 spiro atoms. The molecular weight excluding hydrogens is 750 g/mol. The number of sulfone groups is 2. The van der Waals surface area contributed by atoms with E-state index in [1.807, 2.05) is 98.5 Å². The quantitative estimate of drug-likeness (QED) is 0.134. The van der Waals surface area contributed by atoms with Crippen LogP contribution in [0.25, 0.3) is 0 Å². The summed E-state index contributed by atoms with van der Waals surface area (Å²) in [5.74, 6) is 0. The number of hydrogen-bond donors (Lipinski definition) is 0. The molecule has 0 atom stereocenters. The Morgan fingerprint density at radius 3 is 0.843 bits per heavy atom. The van der Waals surface area contributed by atoms with Gasteiger partial charge in [-0.3, -0.25) is 0 Å². The zero-order valence-electron chi connectivity index (χ0n) is 29.7. The first-order chi connectivity index (χ1) is 23.6. The van der Waals surface area contributed by atoms with Crippen LogP contribution in [0.15, 0.2) is 121 Å². The maximum atomic E-state index is 13.1. The van der Waals surface area contributed by atoms with Crippen LogP contribution < -0.4 is 21.2 Å². The van der Waals surface area contributed by atoms with Gasteiger partial charge in [0.2, 0.25) is 0 Å².